The maximum absolute atomic E-state index is 11.8. The summed E-state index contributed by atoms with van der Waals surface area (Å²) in [5, 5.41) is 9.01. The van der Waals surface area contributed by atoms with Crippen molar-refractivity contribution in [2.45, 2.75) is 52.3 Å². The van der Waals surface area contributed by atoms with Gasteiger partial charge < -0.3 is 5.11 Å². The Morgan fingerprint density at radius 2 is 1.50 bits per heavy atom. The van der Waals surface area contributed by atoms with Gasteiger partial charge in [-0.1, -0.05) is 20.8 Å². The minimum Gasteiger partial charge on any atom is -0.480 e. The minimum atomic E-state index is -3.66. The van der Waals surface area contributed by atoms with Gasteiger partial charge in [0.15, 0.2) is 0 Å². The highest BCUT2D eigenvalue weighted by Gasteiger charge is 2.39. The van der Waals surface area contributed by atoms with E-state index in [0.29, 0.717) is 0 Å². The molecule has 0 amide bonds. The molecule has 0 aliphatic carbocycles. The van der Waals surface area contributed by atoms with Crippen molar-refractivity contribution in [2.24, 2.45) is 5.41 Å². The van der Waals surface area contributed by atoms with Crippen LogP contribution in [0, 0.1) is 5.41 Å². The van der Waals surface area contributed by atoms with Crippen molar-refractivity contribution in [3.05, 3.63) is 0 Å². The molecule has 1 atom stereocenters. The van der Waals surface area contributed by atoms with Gasteiger partial charge in [-0.05, 0) is 26.2 Å². The Morgan fingerprint density at radius 3 is 1.69 bits per heavy atom. The molecule has 0 aliphatic rings. The largest absolute Gasteiger partial charge is 0.480 e. The molecule has 0 bridgehead atoms. The van der Waals surface area contributed by atoms with Crippen LogP contribution in [0.15, 0.2) is 0 Å². The molecule has 0 fully saturated rings. The van der Waals surface area contributed by atoms with E-state index in [-0.39, 0.29) is 0 Å². The van der Waals surface area contributed by atoms with E-state index in [1.54, 1.807) is 20.8 Å². The van der Waals surface area contributed by atoms with Crippen LogP contribution in [0.25, 0.3) is 0 Å². The summed E-state index contributed by atoms with van der Waals surface area (Å²) >= 11 is 0. The molecule has 1 unspecified atom stereocenters. The van der Waals surface area contributed by atoms with Crippen molar-refractivity contribution in [1.29, 1.82) is 0 Å². The number of rotatable bonds is 3. The third-order valence-electron chi connectivity index (χ3n) is 2.19. The average Bonchev–Trinajstić information content (AvgIpc) is 1.95. The molecule has 2 N–H and O–H groups in total. The highest BCUT2D eigenvalue weighted by Crippen LogP contribution is 2.23. The van der Waals surface area contributed by atoms with Gasteiger partial charge in [0.05, 0.1) is 4.75 Å². The van der Waals surface area contributed by atoms with Crippen LogP contribution in [0.3, 0.4) is 0 Å². The normalized spacial score (nSPS) is 15.9. The number of nitrogens with one attached hydrogen (secondary N) is 1. The predicted octanol–water partition coefficient (Wildman–Crippen LogP) is 1.20. The summed E-state index contributed by atoms with van der Waals surface area (Å²) in [4.78, 5) is 11.0. The molecule has 0 aromatic rings. The molecule has 16 heavy (non-hydrogen) atoms. The molecule has 6 heteroatoms. The maximum atomic E-state index is 11.8. The van der Waals surface area contributed by atoms with E-state index in [2.05, 4.69) is 4.72 Å². The van der Waals surface area contributed by atoms with Crippen molar-refractivity contribution in [3.63, 3.8) is 0 Å². The Bertz CT molecular complexity index is 359. The minimum absolute atomic E-state index is 0.676. The fourth-order valence-electron chi connectivity index (χ4n) is 0.930. The lowest BCUT2D eigenvalue weighted by molar-refractivity contribution is -0.141. The van der Waals surface area contributed by atoms with Gasteiger partial charge in [-0.25, -0.2) is 8.42 Å². The molecule has 0 spiro atoms. The first-order valence-electron chi connectivity index (χ1n) is 5.04. The zero-order valence-electron chi connectivity index (χ0n) is 10.7. The van der Waals surface area contributed by atoms with Crippen LogP contribution in [-0.4, -0.2) is 30.3 Å². The molecule has 0 radical (unpaired) electrons. The van der Waals surface area contributed by atoms with E-state index in [4.69, 9.17) is 5.11 Å². The second-order valence-corrected chi connectivity index (χ2v) is 8.34. The van der Waals surface area contributed by atoms with Crippen LogP contribution in [0.2, 0.25) is 0 Å². The number of carboxylic acid groups (broad SMARTS) is 1. The second-order valence-electron chi connectivity index (χ2n) is 5.87. The number of carbonyl (C=O) groups is 1. The molecule has 0 aliphatic heterocycles. The van der Waals surface area contributed by atoms with Crippen molar-refractivity contribution in [1.82, 2.24) is 4.72 Å². The number of hydrogen-bond acceptors (Lipinski definition) is 3. The van der Waals surface area contributed by atoms with E-state index in [1.165, 1.54) is 20.8 Å². The maximum Gasteiger partial charge on any atom is 0.322 e. The van der Waals surface area contributed by atoms with E-state index in [0.717, 1.165) is 0 Å². The molecule has 0 saturated carbocycles. The van der Waals surface area contributed by atoms with Gasteiger partial charge in [0.1, 0.15) is 6.04 Å². The summed E-state index contributed by atoms with van der Waals surface area (Å²) in [7, 11) is -3.66. The van der Waals surface area contributed by atoms with E-state index in [9.17, 15) is 13.2 Å². The number of sulfonamides is 1. The molecule has 0 saturated heterocycles. The number of hydrogen-bond donors (Lipinski definition) is 2. The topological polar surface area (TPSA) is 83.5 Å². The summed E-state index contributed by atoms with van der Waals surface area (Å²) in [6, 6.07) is -1.13. The Kier molecular flexibility index (Phi) is 4.16. The zero-order valence-corrected chi connectivity index (χ0v) is 11.5. The SMILES string of the molecule is CC(C)(C)C(NS(=O)(=O)C(C)(C)C)C(=O)O. The Labute approximate surface area is 97.3 Å². The third-order valence-corrected chi connectivity index (χ3v) is 4.35. The summed E-state index contributed by atoms with van der Waals surface area (Å²) in [6.07, 6.45) is 0. The van der Waals surface area contributed by atoms with E-state index >= 15 is 0 Å². The highest BCUT2D eigenvalue weighted by atomic mass is 32.2. The van der Waals surface area contributed by atoms with Crippen molar-refractivity contribution in [3.8, 4) is 0 Å². The lowest BCUT2D eigenvalue weighted by Gasteiger charge is -2.30. The van der Waals surface area contributed by atoms with Crippen molar-refractivity contribution in [2.75, 3.05) is 0 Å². The average molecular weight is 251 g/mol. The van der Waals surface area contributed by atoms with Crippen LogP contribution in [0.1, 0.15) is 41.5 Å². The molecular formula is C10H21NO4S. The summed E-state index contributed by atoms with van der Waals surface area (Å²) in [5.74, 6) is -1.17. The van der Waals surface area contributed by atoms with Crippen LogP contribution in [0.5, 0.6) is 0 Å². The number of aliphatic carboxylic acids is 1. The molecule has 5 nitrogen and oxygen atoms in total. The first kappa shape index (κ1) is 15.4. The van der Waals surface area contributed by atoms with Crippen molar-refractivity contribution < 1.29 is 18.3 Å². The van der Waals surface area contributed by atoms with E-state index < -0.39 is 32.2 Å². The van der Waals surface area contributed by atoms with Crippen LogP contribution in [-0.2, 0) is 14.8 Å². The molecular weight excluding hydrogens is 230 g/mol. The van der Waals surface area contributed by atoms with Gasteiger partial charge in [-0.3, -0.25) is 4.79 Å². The quantitative estimate of drug-likeness (QED) is 0.789. The van der Waals surface area contributed by atoms with Gasteiger partial charge in [-0.2, -0.15) is 4.72 Å². The first-order valence-corrected chi connectivity index (χ1v) is 6.52. The highest BCUT2D eigenvalue weighted by molar-refractivity contribution is 7.90. The lowest BCUT2D eigenvalue weighted by Crippen LogP contribution is -2.53. The van der Waals surface area contributed by atoms with Gasteiger partial charge >= 0.3 is 5.97 Å². The summed E-state index contributed by atoms with van der Waals surface area (Å²) in [5.41, 5.74) is -0.676. The summed E-state index contributed by atoms with van der Waals surface area (Å²) in [6.45, 7) is 9.61. The van der Waals surface area contributed by atoms with Gasteiger partial charge in [0, 0.05) is 0 Å². The number of carboxylic acids is 1. The fourth-order valence-corrected chi connectivity index (χ4v) is 2.05. The Hall–Kier alpha value is -0.620. The molecule has 96 valence electrons. The Balaban J connectivity index is 5.16. The Morgan fingerprint density at radius 1 is 1.12 bits per heavy atom. The molecule has 0 rings (SSSR count). The summed E-state index contributed by atoms with van der Waals surface area (Å²) < 4.78 is 24.9. The molecule has 0 aromatic heterocycles. The zero-order chi connectivity index (χ0) is 13.4. The van der Waals surface area contributed by atoms with Gasteiger partial charge in [0.25, 0.3) is 0 Å². The second kappa shape index (κ2) is 4.33. The van der Waals surface area contributed by atoms with Crippen LogP contribution < -0.4 is 4.72 Å². The van der Waals surface area contributed by atoms with Gasteiger partial charge in [-0.15, -0.1) is 0 Å². The predicted molar refractivity (Wildman–Crippen MR) is 62.7 cm³/mol. The smallest absolute Gasteiger partial charge is 0.322 e. The first-order chi connectivity index (χ1) is 6.79. The standard InChI is InChI=1S/C10H21NO4S/c1-9(2,3)7(8(12)13)11-16(14,15)10(4,5)6/h7,11H,1-6H3,(H,12,13). The molecule has 0 heterocycles. The monoisotopic (exact) mass is 251 g/mol. The van der Waals surface area contributed by atoms with Crippen molar-refractivity contribution >= 4 is 16.0 Å². The van der Waals surface area contributed by atoms with Crippen LogP contribution in [0.4, 0.5) is 0 Å². The molecule has 0 aromatic carbocycles. The van der Waals surface area contributed by atoms with E-state index in [1.807, 2.05) is 0 Å². The van der Waals surface area contributed by atoms with Crippen LogP contribution >= 0.6 is 0 Å². The van der Waals surface area contributed by atoms with Gasteiger partial charge in [0.2, 0.25) is 10.0 Å². The third kappa shape index (κ3) is 3.75. The lowest BCUT2D eigenvalue weighted by atomic mass is 9.88. The fraction of sp³-hybridized carbons (Fsp3) is 0.900.